The van der Waals surface area contributed by atoms with Gasteiger partial charge in [-0.15, -0.1) is 0 Å². The van der Waals surface area contributed by atoms with Crippen molar-refractivity contribution in [2.24, 2.45) is 0 Å². The van der Waals surface area contributed by atoms with Crippen LogP contribution in [0.4, 0.5) is 5.82 Å². The van der Waals surface area contributed by atoms with Crippen LogP contribution in [0.1, 0.15) is 18.5 Å². The van der Waals surface area contributed by atoms with Crippen LogP contribution in [0.15, 0.2) is 4.47 Å². The fourth-order valence-corrected chi connectivity index (χ4v) is 1.65. The molecule has 0 unspecified atom stereocenters. The second-order valence-electron chi connectivity index (χ2n) is 3.20. The Morgan fingerprint density at radius 3 is 2.75 bits per heavy atom. The Balaban J connectivity index is 2.78. The van der Waals surface area contributed by atoms with Gasteiger partial charge in [-0.3, -0.25) is 4.79 Å². The van der Waals surface area contributed by atoms with E-state index in [9.17, 15) is 14.9 Å². The Morgan fingerprint density at radius 1 is 1.69 bits per heavy atom. The molecule has 0 bridgehead atoms. The van der Waals surface area contributed by atoms with Crippen molar-refractivity contribution in [2.45, 2.75) is 26.3 Å². The van der Waals surface area contributed by atoms with E-state index in [0.717, 1.165) is 0 Å². The Labute approximate surface area is 99.3 Å². The van der Waals surface area contributed by atoms with Gasteiger partial charge in [0.15, 0.2) is 0 Å². The van der Waals surface area contributed by atoms with Crippen molar-refractivity contribution >= 4 is 27.7 Å². The number of rotatable bonds is 5. The van der Waals surface area contributed by atoms with Crippen molar-refractivity contribution in [3.8, 4) is 0 Å². The number of hydrogen-bond donors (Lipinski definition) is 1. The molecular weight excluding hydrogens is 282 g/mol. The first-order valence-electron chi connectivity index (χ1n) is 4.52. The van der Waals surface area contributed by atoms with Gasteiger partial charge in [0.05, 0.1) is 17.3 Å². The maximum absolute atomic E-state index is 10.6. The minimum atomic E-state index is -0.890. The van der Waals surface area contributed by atoms with E-state index in [1.807, 2.05) is 0 Å². The molecule has 0 spiro atoms. The molecule has 0 aliphatic heterocycles. The zero-order valence-corrected chi connectivity index (χ0v) is 10.1. The second-order valence-corrected chi connectivity index (χ2v) is 3.99. The maximum atomic E-state index is 10.6. The SMILES string of the molecule is Cc1c(Br)c([N+](=O)[O-])nn1CCCC(=O)O. The van der Waals surface area contributed by atoms with Crippen molar-refractivity contribution in [3.05, 3.63) is 20.3 Å². The van der Waals surface area contributed by atoms with Crippen LogP contribution in [0.25, 0.3) is 0 Å². The van der Waals surface area contributed by atoms with E-state index in [1.54, 1.807) is 6.92 Å². The second kappa shape index (κ2) is 5.06. The van der Waals surface area contributed by atoms with Gasteiger partial charge in [0.1, 0.15) is 4.47 Å². The molecule has 0 fully saturated rings. The van der Waals surface area contributed by atoms with Gasteiger partial charge >= 0.3 is 11.8 Å². The Kier molecular flexibility index (Phi) is 3.99. The highest BCUT2D eigenvalue weighted by molar-refractivity contribution is 9.10. The number of aliphatic carboxylic acids is 1. The van der Waals surface area contributed by atoms with Crippen LogP contribution < -0.4 is 0 Å². The van der Waals surface area contributed by atoms with E-state index < -0.39 is 10.9 Å². The molecule has 1 heterocycles. The fraction of sp³-hybridized carbons (Fsp3) is 0.500. The van der Waals surface area contributed by atoms with Crippen LogP contribution in [0.3, 0.4) is 0 Å². The summed E-state index contributed by atoms with van der Waals surface area (Å²) < 4.78 is 1.78. The number of aromatic nitrogens is 2. The summed E-state index contributed by atoms with van der Waals surface area (Å²) in [5.74, 6) is -1.13. The summed E-state index contributed by atoms with van der Waals surface area (Å²) >= 11 is 3.08. The lowest BCUT2D eigenvalue weighted by atomic mass is 10.3. The van der Waals surface area contributed by atoms with Crippen molar-refractivity contribution in [1.82, 2.24) is 9.78 Å². The molecule has 88 valence electrons. The highest BCUT2D eigenvalue weighted by Crippen LogP contribution is 2.26. The quantitative estimate of drug-likeness (QED) is 0.658. The third-order valence-electron chi connectivity index (χ3n) is 2.05. The molecular formula is C8H10BrN3O4. The van der Waals surface area contributed by atoms with Gasteiger partial charge in [0, 0.05) is 6.42 Å². The zero-order chi connectivity index (χ0) is 12.3. The fourth-order valence-electron chi connectivity index (χ4n) is 1.22. The Bertz CT molecular complexity index is 429. The molecule has 0 aliphatic rings. The maximum Gasteiger partial charge on any atom is 0.404 e. The van der Waals surface area contributed by atoms with Crippen LogP contribution in [0.5, 0.6) is 0 Å². The average Bonchev–Trinajstić information content (AvgIpc) is 2.45. The Hall–Kier alpha value is -1.44. The summed E-state index contributed by atoms with van der Waals surface area (Å²) in [7, 11) is 0. The van der Waals surface area contributed by atoms with E-state index in [2.05, 4.69) is 21.0 Å². The van der Waals surface area contributed by atoms with Crippen molar-refractivity contribution in [3.63, 3.8) is 0 Å². The first-order valence-corrected chi connectivity index (χ1v) is 5.32. The smallest absolute Gasteiger partial charge is 0.404 e. The molecule has 8 heteroatoms. The predicted molar refractivity (Wildman–Crippen MR) is 58.2 cm³/mol. The number of nitrogens with zero attached hydrogens (tertiary/aromatic N) is 3. The highest BCUT2D eigenvalue weighted by Gasteiger charge is 2.22. The third-order valence-corrected chi connectivity index (χ3v) is 2.98. The molecule has 16 heavy (non-hydrogen) atoms. The van der Waals surface area contributed by atoms with Gasteiger partial charge in [-0.05, 0) is 34.2 Å². The Morgan fingerprint density at radius 2 is 2.31 bits per heavy atom. The largest absolute Gasteiger partial charge is 0.481 e. The molecule has 0 aromatic carbocycles. The van der Waals surface area contributed by atoms with Crippen LogP contribution in [0, 0.1) is 17.0 Å². The first kappa shape index (κ1) is 12.6. The topological polar surface area (TPSA) is 98.3 Å². The minimum absolute atomic E-state index is 0.0186. The van der Waals surface area contributed by atoms with Crippen LogP contribution in [-0.2, 0) is 11.3 Å². The molecule has 0 saturated heterocycles. The van der Waals surface area contributed by atoms with E-state index in [4.69, 9.17) is 5.11 Å². The van der Waals surface area contributed by atoms with Crippen molar-refractivity contribution < 1.29 is 14.8 Å². The van der Waals surface area contributed by atoms with Gasteiger partial charge in [-0.1, -0.05) is 0 Å². The molecule has 0 aliphatic carbocycles. The minimum Gasteiger partial charge on any atom is -0.481 e. The number of carboxylic acids is 1. The number of carboxylic acid groups (broad SMARTS) is 1. The van der Waals surface area contributed by atoms with Crippen LogP contribution in [0.2, 0.25) is 0 Å². The molecule has 0 radical (unpaired) electrons. The zero-order valence-electron chi connectivity index (χ0n) is 8.51. The summed E-state index contributed by atoms with van der Waals surface area (Å²) in [5.41, 5.74) is 0.622. The summed E-state index contributed by atoms with van der Waals surface area (Å²) in [5, 5.41) is 22.8. The lowest BCUT2D eigenvalue weighted by Crippen LogP contribution is -2.05. The first-order chi connectivity index (χ1) is 7.43. The third kappa shape index (κ3) is 2.78. The van der Waals surface area contributed by atoms with E-state index >= 15 is 0 Å². The van der Waals surface area contributed by atoms with E-state index in [-0.39, 0.29) is 12.2 Å². The molecule has 0 amide bonds. The lowest BCUT2D eigenvalue weighted by molar-refractivity contribution is -0.390. The number of halogens is 1. The molecule has 1 aromatic rings. The normalized spacial score (nSPS) is 10.4. The number of nitro groups is 1. The summed E-state index contributed by atoms with van der Waals surface area (Å²) in [6.45, 7) is 2.04. The van der Waals surface area contributed by atoms with Crippen LogP contribution in [-0.4, -0.2) is 25.8 Å². The number of aryl methyl sites for hydroxylation is 1. The molecule has 7 nitrogen and oxygen atoms in total. The van der Waals surface area contributed by atoms with Crippen molar-refractivity contribution in [2.75, 3.05) is 0 Å². The highest BCUT2D eigenvalue weighted by atomic mass is 79.9. The van der Waals surface area contributed by atoms with E-state index in [1.165, 1.54) is 4.68 Å². The molecule has 0 atom stereocenters. The van der Waals surface area contributed by atoms with Gasteiger partial charge in [0.25, 0.3) is 0 Å². The predicted octanol–water partition coefficient (Wildman–Crippen LogP) is 1.73. The summed E-state index contributed by atoms with van der Waals surface area (Å²) in [6, 6.07) is 0. The lowest BCUT2D eigenvalue weighted by Gasteiger charge is -1.97. The van der Waals surface area contributed by atoms with Gasteiger partial charge in [-0.25, -0.2) is 0 Å². The van der Waals surface area contributed by atoms with Gasteiger partial charge in [0.2, 0.25) is 0 Å². The number of hydrogen-bond acceptors (Lipinski definition) is 4. The van der Waals surface area contributed by atoms with E-state index in [0.29, 0.717) is 23.1 Å². The molecule has 1 rings (SSSR count). The number of carbonyl (C=O) groups is 1. The standard InChI is InChI=1S/C8H10BrN3O4/c1-5-7(9)8(12(15)16)10-11(5)4-2-3-6(13)14/h2-4H2,1H3,(H,13,14). The molecule has 1 N–H and O–H groups in total. The van der Waals surface area contributed by atoms with Crippen molar-refractivity contribution in [1.29, 1.82) is 0 Å². The summed E-state index contributed by atoms with van der Waals surface area (Å²) in [4.78, 5) is 20.3. The summed E-state index contributed by atoms with van der Waals surface area (Å²) in [6.07, 6.45) is 0.409. The average molecular weight is 292 g/mol. The van der Waals surface area contributed by atoms with Crippen LogP contribution >= 0.6 is 15.9 Å². The molecule has 1 aromatic heterocycles. The molecule has 0 saturated carbocycles. The monoisotopic (exact) mass is 291 g/mol. The van der Waals surface area contributed by atoms with Gasteiger partial charge < -0.3 is 15.2 Å². The van der Waals surface area contributed by atoms with Gasteiger partial charge in [-0.2, -0.15) is 4.68 Å².